The maximum absolute atomic E-state index is 13.5. The molecule has 0 N–H and O–H groups in total. The van der Waals surface area contributed by atoms with Gasteiger partial charge in [0.15, 0.2) is 4.80 Å². The van der Waals surface area contributed by atoms with Crippen LogP contribution in [-0.2, 0) is 9.53 Å². The molecule has 0 aliphatic carbocycles. The van der Waals surface area contributed by atoms with Crippen LogP contribution in [0.5, 0.6) is 5.75 Å². The fourth-order valence-electron chi connectivity index (χ4n) is 3.59. The molecule has 0 radical (unpaired) electrons. The molecule has 3 aromatic rings. The number of allylic oxidation sites excluding steroid dienone is 1. The molecule has 0 fully saturated rings. The van der Waals surface area contributed by atoms with Gasteiger partial charge in [-0.1, -0.05) is 29.5 Å². The van der Waals surface area contributed by atoms with Crippen LogP contribution in [0.4, 0.5) is 0 Å². The maximum Gasteiger partial charge on any atom is 0.338 e. The van der Waals surface area contributed by atoms with Gasteiger partial charge in [-0.2, -0.15) is 0 Å². The molecular formula is C23H22N2O4S2. The minimum atomic E-state index is -0.551. The van der Waals surface area contributed by atoms with E-state index in [1.807, 2.05) is 48.7 Å². The molecule has 4 rings (SSSR count). The SMILES string of the molecule is CCOC(=O)C1=C(C)N=c2s/c(=C\c3ccc(C)c(OC)c3)c(=O)n2[C@H]1c1cccs1. The first-order chi connectivity index (χ1) is 14.9. The minimum absolute atomic E-state index is 0.184. The summed E-state index contributed by atoms with van der Waals surface area (Å²) >= 11 is 2.81. The number of thiazole rings is 1. The lowest BCUT2D eigenvalue weighted by Crippen LogP contribution is -2.39. The van der Waals surface area contributed by atoms with Gasteiger partial charge in [-0.25, -0.2) is 9.79 Å². The lowest BCUT2D eigenvalue weighted by molar-refractivity contribution is -0.139. The van der Waals surface area contributed by atoms with Crippen molar-refractivity contribution in [2.24, 2.45) is 4.99 Å². The van der Waals surface area contributed by atoms with Crippen molar-refractivity contribution in [2.75, 3.05) is 13.7 Å². The fourth-order valence-corrected chi connectivity index (χ4v) is 5.46. The number of ether oxygens (including phenoxy) is 2. The van der Waals surface area contributed by atoms with Crippen molar-refractivity contribution in [1.29, 1.82) is 0 Å². The van der Waals surface area contributed by atoms with Gasteiger partial charge in [0, 0.05) is 4.88 Å². The molecule has 1 atom stereocenters. The summed E-state index contributed by atoms with van der Waals surface area (Å²) in [7, 11) is 1.63. The van der Waals surface area contributed by atoms with Gasteiger partial charge in [-0.3, -0.25) is 9.36 Å². The van der Waals surface area contributed by atoms with Crippen LogP contribution in [0.25, 0.3) is 6.08 Å². The Morgan fingerprint density at radius 1 is 1.29 bits per heavy atom. The van der Waals surface area contributed by atoms with Crippen LogP contribution in [0, 0.1) is 6.92 Å². The predicted molar refractivity (Wildman–Crippen MR) is 122 cm³/mol. The van der Waals surface area contributed by atoms with Gasteiger partial charge in [0.05, 0.1) is 29.5 Å². The number of carbonyl (C=O) groups is 1. The van der Waals surface area contributed by atoms with Crippen LogP contribution in [0.15, 0.2) is 56.8 Å². The first kappa shape index (κ1) is 21.3. The van der Waals surface area contributed by atoms with Crippen molar-refractivity contribution in [1.82, 2.24) is 4.57 Å². The number of hydrogen-bond donors (Lipinski definition) is 0. The van der Waals surface area contributed by atoms with E-state index < -0.39 is 12.0 Å². The van der Waals surface area contributed by atoms with Crippen molar-refractivity contribution in [3.63, 3.8) is 0 Å². The highest BCUT2D eigenvalue weighted by atomic mass is 32.1. The van der Waals surface area contributed by atoms with Crippen LogP contribution >= 0.6 is 22.7 Å². The van der Waals surface area contributed by atoms with E-state index in [1.54, 1.807) is 25.5 Å². The Bertz CT molecular complexity index is 1350. The topological polar surface area (TPSA) is 69.9 Å². The Labute approximate surface area is 187 Å². The van der Waals surface area contributed by atoms with Crippen LogP contribution in [0.2, 0.25) is 0 Å². The Balaban J connectivity index is 1.92. The zero-order valence-electron chi connectivity index (χ0n) is 17.7. The van der Waals surface area contributed by atoms with E-state index in [0.717, 1.165) is 21.8 Å². The summed E-state index contributed by atoms with van der Waals surface area (Å²) in [6.07, 6.45) is 1.83. The largest absolute Gasteiger partial charge is 0.496 e. The second-order valence-electron chi connectivity index (χ2n) is 7.05. The molecule has 1 aliphatic heterocycles. The number of nitrogens with zero attached hydrogens (tertiary/aromatic N) is 2. The van der Waals surface area contributed by atoms with Crippen molar-refractivity contribution < 1.29 is 14.3 Å². The molecule has 31 heavy (non-hydrogen) atoms. The zero-order chi connectivity index (χ0) is 22.1. The number of thiophene rings is 1. The summed E-state index contributed by atoms with van der Waals surface area (Å²) in [4.78, 5) is 32.3. The highest BCUT2D eigenvalue weighted by Crippen LogP contribution is 2.33. The Morgan fingerprint density at radius 2 is 2.10 bits per heavy atom. The molecule has 0 spiro atoms. The van der Waals surface area contributed by atoms with Gasteiger partial charge in [0.2, 0.25) is 0 Å². The van der Waals surface area contributed by atoms with Crippen LogP contribution in [0.1, 0.15) is 35.9 Å². The zero-order valence-corrected chi connectivity index (χ0v) is 19.3. The summed E-state index contributed by atoms with van der Waals surface area (Å²) < 4.78 is 12.8. The molecule has 1 aromatic carbocycles. The van der Waals surface area contributed by atoms with Crippen LogP contribution in [0.3, 0.4) is 0 Å². The van der Waals surface area contributed by atoms with Crippen molar-refractivity contribution in [2.45, 2.75) is 26.8 Å². The van der Waals surface area contributed by atoms with Gasteiger partial charge < -0.3 is 9.47 Å². The second kappa shape index (κ2) is 8.64. The van der Waals surface area contributed by atoms with Crippen molar-refractivity contribution >= 4 is 34.7 Å². The third kappa shape index (κ3) is 3.88. The molecule has 8 heteroatoms. The summed E-state index contributed by atoms with van der Waals surface area (Å²) in [5.74, 6) is 0.318. The molecule has 0 saturated carbocycles. The molecule has 2 aromatic heterocycles. The molecule has 3 heterocycles. The van der Waals surface area contributed by atoms with Crippen molar-refractivity contribution in [3.8, 4) is 5.75 Å². The number of hydrogen-bond acceptors (Lipinski definition) is 7. The van der Waals surface area contributed by atoms with Crippen LogP contribution < -0.4 is 19.6 Å². The number of benzene rings is 1. The van der Waals surface area contributed by atoms with Gasteiger partial charge in [0.1, 0.15) is 11.8 Å². The molecule has 0 amide bonds. The van der Waals surface area contributed by atoms with E-state index >= 15 is 0 Å². The highest BCUT2D eigenvalue weighted by molar-refractivity contribution is 7.10. The Kier molecular flexibility index (Phi) is 5.93. The normalized spacial score (nSPS) is 16.1. The average molecular weight is 455 g/mol. The van der Waals surface area contributed by atoms with Gasteiger partial charge in [-0.05, 0) is 55.5 Å². The third-order valence-corrected chi connectivity index (χ3v) is 6.97. The molecular weight excluding hydrogens is 432 g/mol. The smallest absolute Gasteiger partial charge is 0.338 e. The minimum Gasteiger partial charge on any atom is -0.496 e. The van der Waals surface area contributed by atoms with E-state index in [9.17, 15) is 9.59 Å². The van der Waals surface area contributed by atoms with Crippen molar-refractivity contribution in [3.05, 3.63) is 82.7 Å². The molecule has 160 valence electrons. The summed E-state index contributed by atoms with van der Waals surface area (Å²) in [6, 6.07) is 9.09. The molecule has 1 aliphatic rings. The number of esters is 1. The quantitative estimate of drug-likeness (QED) is 0.556. The number of aryl methyl sites for hydroxylation is 1. The number of rotatable bonds is 5. The maximum atomic E-state index is 13.5. The van der Waals surface area contributed by atoms with E-state index in [-0.39, 0.29) is 12.2 Å². The van der Waals surface area contributed by atoms with Gasteiger partial charge >= 0.3 is 5.97 Å². The highest BCUT2D eigenvalue weighted by Gasteiger charge is 2.33. The molecule has 0 bridgehead atoms. The Morgan fingerprint density at radius 3 is 2.77 bits per heavy atom. The number of fused-ring (bicyclic) bond motifs is 1. The van der Waals surface area contributed by atoms with Gasteiger partial charge in [-0.15, -0.1) is 11.3 Å². The first-order valence-corrected chi connectivity index (χ1v) is 11.5. The predicted octanol–water partition coefficient (Wildman–Crippen LogP) is 3.18. The van der Waals surface area contributed by atoms with E-state index in [4.69, 9.17) is 9.47 Å². The van der Waals surface area contributed by atoms with Crippen LogP contribution in [-0.4, -0.2) is 24.3 Å². The summed E-state index contributed by atoms with van der Waals surface area (Å²) in [6.45, 7) is 5.78. The van der Waals surface area contributed by atoms with E-state index in [0.29, 0.717) is 20.6 Å². The number of carbonyl (C=O) groups excluding carboxylic acids is 1. The summed E-state index contributed by atoms with van der Waals surface area (Å²) in [5.41, 5.74) is 2.67. The molecule has 0 saturated heterocycles. The lowest BCUT2D eigenvalue weighted by Gasteiger charge is -2.23. The summed E-state index contributed by atoms with van der Waals surface area (Å²) in [5, 5.41) is 1.93. The third-order valence-electron chi connectivity index (χ3n) is 5.06. The second-order valence-corrected chi connectivity index (χ2v) is 9.04. The average Bonchev–Trinajstić information content (AvgIpc) is 3.37. The fraction of sp³-hybridized carbons (Fsp3) is 0.261. The standard InChI is InChI=1S/C23H22N2O4S2/c1-5-29-22(27)19-14(3)24-23-25(20(19)17-7-6-10-30-17)21(26)18(31-23)12-15-9-8-13(2)16(11-15)28-4/h6-12,20H,5H2,1-4H3/b18-12-/t20-/m0/s1. The first-order valence-electron chi connectivity index (χ1n) is 9.82. The monoisotopic (exact) mass is 454 g/mol. The van der Waals surface area contributed by atoms with E-state index in [2.05, 4.69) is 4.99 Å². The molecule has 6 nitrogen and oxygen atoms in total. The lowest BCUT2D eigenvalue weighted by atomic mass is 10.0. The number of aromatic nitrogens is 1. The van der Waals surface area contributed by atoms with E-state index in [1.165, 1.54) is 22.7 Å². The van der Waals surface area contributed by atoms with Gasteiger partial charge in [0.25, 0.3) is 5.56 Å². The number of methoxy groups -OCH3 is 1. The Hall–Kier alpha value is -2.97. The molecule has 0 unspecified atom stereocenters.